The molecule has 1 aromatic heterocycles. The van der Waals surface area contributed by atoms with Crippen LogP contribution < -0.4 is 4.72 Å². The third kappa shape index (κ3) is 4.22. The third-order valence-electron chi connectivity index (χ3n) is 1.83. The molecule has 0 spiro atoms. The number of H-pyrrole nitrogens is 1. The van der Waals surface area contributed by atoms with Gasteiger partial charge in [0.15, 0.2) is 0 Å². The maximum atomic E-state index is 11.2. The van der Waals surface area contributed by atoms with Gasteiger partial charge in [0, 0.05) is 18.3 Å². The fourth-order valence-electron chi connectivity index (χ4n) is 1.14. The molecule has 1 atom stereocenters. The number of aromatic nitrogens is 2. The Hall–Kier alpha value is -1.21. The van der Waals surface area contributed by atoms with Crippen LogP contribution in [0.25, 0.3) is 0 Å². The number of ketones is 1. The van der Waals surface area contributed by atoms with Gasteiger partial charge in [-0.1, -0.05) is 0 Å². The minimum Gasteiger partial charge on any atom is -0.348 e. The zero-order valence-corrected chi connectivity index (χ0v) is 9.34. The SMILES string of the molecule is CC(=O)[C@H](Cc1cnc[nH]1)NS(C)(=O)=O. The number of sulfonamides is 1. The number of nitrogens with one attached hydrogen (secondary N) is 2. The number of carbonyl (C=O) groups is 1. The van der Waals surface area contributed by atoms with Gasteiger partial charge >= 0.3 is 0 Å². The Balaban J connectivity index is 2.72. The largest absolute Gasteiger partial charge is 0.348 e. The predicted octanol–water partition coefficient (Wildman–Crippen LogP) is -0.541. The van der Waals surface area contributed by atoms with Crippen molar-refractivity contribution in [1.29, 1.82) is 0 Å². The van der Waals surface area contributed by atoms with Crippen molar-refractivity contribution in [2.24, 2.45) is 0 Å². The van der Waals surface area contributed by atoms with Crippen LogP contribution in [-0.2, 0) is 21.2 Å². The molecule has 0 aliphatic rings. The standard InChI is InChI=1S/C8H13N3O3S/c1-6(12)8(11-15(2,13)14)3-7-4-9-5-10-7/h4-5,8,11H,3H2,1-2H3,(H,9,10)/t8-/m0/s1. The minimum absolute atomic E-state index is 0.227. The highest BCUT2D eigenvalue weighted by atomic mass is 32.2. The second-order valence-electron chi connectivity index (χ2n) is 3.33. The van der Waals surface area contributed by atoms with Crippen LogP contribution >= 0.6 is 0 Å². The summed E-state index contributed by atoms with van der Waals surface area (Å²) in [7, 11) is -3.38. The van der Waals surface area contributed by atoms with Crippen LogP contribution in [0.15, 0.2) is 12.5 Å². The molecule has 0 fully saturated rings. The number of rotatable bonds is 5. The summed E-state index contributed by atoms with van der Waals surface area (Å²) in [4.78, 5) is 17.8. The smallest absolute Gasteiger partial charge is 0.209 e. The molecule has 0 aliphatic carbocycles. The van der Waals surface area contributed by atoms with Crippen LogP contribution in [0, 0.1) is 0 Å². The van der Waals surface area contributed by atoms with Crippen LogP contribution in [0.1, 0.15) is 12.6 Å². The maximum absolute atomic E-state index is 11.2. The van der Waals surface area contributed by atoms with E-state index in [4.69, 9.17) is 0 Å². The molecule has 84 valence electrons. The van der Waals surface area contributed by atoms with Gasteiger partial charge in [-0.25, -0.2) is 18.1 Å². The molecule has 2 N–H and O–H groups in total. The topological polar surface area (TPSA) is 91.9 Å². The third-order valence-corrected chi connectivity index (χ3v) is 2.54. The lowest BCUT2D eigenvalue weighted by molar-refractivity contribution is -0.118. The quantitative estimate of drug-likeness (QED) is 0.711. The second-order valence-corrected chi connectivity index (χ2v) is 5.11. The molecule has 0 bridgehead atoms. The predicted molar refractivity (Wildman–Crippen MR) is 54.7 cm³/mol. The van der Waals surface area contributed by atoms with E-state index in [0.717, 1.165) is 6.26 Å². The van der Waals surface area contributed by atoms with Gasteiger partial charge in [0.25, 0.3) is 0 Å². The molecule has 0 saturated carbocycles. The highest BCUT2D eigenvalue weighted by Gasteiger charge is 2.19. The first-order valence-corrected chi connectivity index (χ1v) is 6.22. The summed E-state index contributed by atoms with van der Waals surface area (Å²) < 4.78 is 24.2. The molecule has 1 rings (SSSR count). The van der Waals surface area contributed by atoms with E-state index < -0.39 is 16.1 Å². The Bertz CT molecular complexity index is 424. The van der Waals surface area contributed by atoms with Gasteiger partial charge < -0.3 is 4.98 Å². The van der Waals surface area contributed by atoms with Gasteiger partial charge in [0.2, 0.25) is 10.0 Å². The average Bonchev–Trinajstić information content (AvgIpc) is 2.52. The summed E-state index contributed by atoms with van der Waals surface area (Å²) in [6.45, 7) is 1.35. The van der Waals surface area contributed by atoms with Crippen molar-refractivity contribution >= 4 is 15.8 Å². The number of hydrogen-bond donors (Lipinski definition) is 2. The Morgan fingerprint density at radius 1 is 1.67 bits per heavy atom. The fraction of sp³-hybridized carbons (Fsp3) is 0.500. The molecule has 0 saturated heterocycles. The van der Waals surface area contributed by atoms with E-state index >= 15 is 0 Å². The van der Waals surface area contributed by atoms with E-state index in [1.807, 2.05) is 0 Å². The lowest BCUT2D eigenvalue weighted by Gasteiger charge is -2.12. The first-order chi connectivity index (χ1) is 6.88. The average molecular weight is 231 g/mol. The Morgan fingerprint density at radius 3 is 2.73 bits per heavy atom. The molecule has 7 heteroatoms. The molecule has 0 aromatic carbocycles. The van der Waals surface area contributed by atoms with E-state index in [0.29, 0.717) is 5.69 Å². The molecular formula is C8H13N3O3S. The summed E-state index contributed by atoms with van der Waals surface area (Å²) >= 11 is 0. The van der Waals surface area contributed by atoms with Gasteiger partial charge in [-0.05, 0) is 6.92 Å². The van der Waals surface area contributed by atoms with E-state index in [-0.39, 0.29) is 12.2 Å². The minimum atomic E-state index is -3.38. The number of Topliss-reactive ketones (excluding diaryl/α,β-unsaturated/α-hetero) is 1. The second kappa shape index (κ2) is 4.54. The molecular weight excluding hydrogens is 218 g/mol. The summed E-state index contributed by atoms with van der Waals surface area (Å²) in [5.41, 5.74) is 0.714. The molecule has 6 nitrogen and oxygen atoms in total. The van der Waals surface area contributed by atoms with E-state index in [1.165, 1.54) is 13.3 Å². The van der Waals surface area contributed by atoms with Crippen LogP contribution in [0.3, 0.4) is 0 Å². The van der Waals surface area contributed by atoms with Crippen LogP contribution in [0.5, 0.6) is 0 Å². The van der Waals surface area contributed by atoms with E-state index in [1.54, 1.807) is 6.20 Å². The summed E-state index contributed by atoms with van der Waals surface area (Å²) in [5, 5.41) is 0. The number of imidazole rings is 1. The number of nitrogens with zero attached hydrogens (tertiary/aromatic N) is 1. The van der Waals surface area contributed by atoms with Gasteiger partial charge in [0.1, 0.15) is 5.78 Å². The lowest BCUT2D eigenvalue weighted by atomic mass is 10.1. The molecule has 0 radical (unpaired) electrons. The van der Waals surface area contributed by atoms with Gasteiger partial charge in [0.05, 0.1) is 18.6 Å². The monoisotopic (exact) mass is 231 g/mol. The van der Waals surface area contributed by atoms with Crippen molar-refractivity contribution in [2.45, 2.75) is 19.4 Å². The molecule has 0 aliphatic heterocycles. The van der Waals surface area contributed by atoms with E-state index in [9.17, 15) is 13.2 Å². The van der Waals surface area contributed by atoms with E-state index in [2.05, 4.69) is 14.7 Å². The lowest BCUT2D eigenvalue weighted by Crippen LogP contribution is -2.40. The summed E-state index contributed by atoms with van der Waals surface area (Å²) in [5.74, 6) is -0.227. The van der Waals surface area contributed by atoms with Crippen molar-refractivity contribution < 1.29 is 13.2 Å². The Kier molecular flexibility index (Phi) is 3.59. The number of aromatic amines is 1. The summed E-state index contributed by atoms with van der Waals surface area (Å²) in [6, 6.07) is -0.736. The molecule has 0 unspecified atom stereocenters. The zero-order valence-electron chi connectivity index (χ0n) is 8.52. The van der Waals surface area contributed by atoms with Crippen molar-refractivity contribution in [3.05, 3.63) is 18.2 Å². The number of carbonyl (C=O) groups excluding carboxylic acids is 1. The van der Waals surface area contributed by atoms with Crippen molar-refractivity contribution in [1.82, 2.24) is 14.7 Å². The zero-order chi connectivity index (χ0) is 11.5. The first-order valence-electron chi connectivity index (χ1n) is 4.33. The molecule has 15 heavy (non-hydrogen) atoms. The molecule has 0 amide bonds. The summed E-state index contributed by atoms with van der Waals surface area (Å²) in [6.07, 6.45) is 4.34. The first kappa shape index (κ1) is 11.9. The molecule has 1 aromatic rings. The Labute approximate surface area is 88.2 Å². The van der Waals surface area contributed by atoms with Crippen molar-refractivity contribution in [3.8, 4) is 0 Å². The van der Waals surface area contributed by atoms with Crippen LogP contribution in [-0.4, -0.2) is 36.5 Å². The normalized spacial score (nSPS) is 13.7. The number of hydrogen-bond acceptors (Lipinski definition) is 4. The van der Waals surface area contributed by atoms with Crippen LogP contribution in [0.2, 0.25) is 0 Å². The Morgan fingerprint density at radius 2 is 2.33 bits per heavy atom. The van der Waals surface area contributed by atoms with Crippen LogP contribution in [0.4, 0.5) is 0 Å². The van der Waals surface area contributed by atoms with Crippen molar-refractivity contribution in [2.75, 3.05) is 6.26 Å². The maximum Gasteiger partial charge on any atom is 0.209 e. The highest BCUT2D eigenvalue weighted by Crippen LogP contribution is 2.00. The molecule has 1 heterocycles. The highest BCUT2D eigenvalue weighted by molar-refractivity contribution is 7.88. The van der Waals surface area contributed by atoms with Gasteiger partial charge in [-0.3, -0.25) is 4.79 Å². The van der Waals surface area contributed by atoms with Crippen molar-refractivity contribution in [3.63, 3.8) is 0 Å². The van der Waals surface area contributed by atoms with Gasteiger partial charge in [-0.2, -0.15) is 0 Å². The van der Waals surface area contributed by atoms with Gasteiger partial charge in [-0.15, -0.1) is 0 Å². The fourth-order valence-corrected chi connectivity index (χ4v) is 1.91.